The number of unbranched alkanes of at least 4 members (excludes halogenated alkanes) is 3. The monoisotopic (exact) mass is 274 g/mol. The van der Waals surface area contributed by atoms with Crippen molar-refractivity contribution in [2.75, 3.05) is 13.2 Å². The standard InChI is InChI=1S/C18H26O2/c1-2-3-4-5-6-7-8-10-16-11-9-12-17(13-16)19-14-18-15-20-18/h6-7,9,11-13,18H,2-5,8,10,14-15H2,1H3/b7-6+. The summed E-state index contributed by atoms with van der Waals surface area (Å²) >= 11 is 0. The third kappa shape index (κ3) is 6.25. The van der Waals surface area contributed by atoms with Crippen LogP contribution in [0.4, 0.5) is 0 Å². The molecule has 1 aromatic carbocycles. The lowest BCUT2D eigenvalue weighted by molar-refractivity contribution is 0.263. The van der Waals surface area contributed by atoms with Gasteiger partial charge in [0, 0.05) is 0 Å². The zero-order valence-electron chi connectivity index (χ0n) is 12.5. The molecule has 1 aromatic rings. The molecule has 0 N–H and O–H groups in total. The fourth-order valence-corrected chi connectivity index (χ4v) is 2.14. The van der Waals surface area contributed by atoms with Crippen molar-refractivity contribution in [1.29, 1.82) is 0 Å². The molecule has 110 valence electrons. The maximum atomic E-state index is 5.70. The van der Waals surface area contributed by atoms with Crippen molar-refractivity contribution in [3.05, 3.63) is 42.0 Å². The van der Waals surface area contributed by atoms with Gasteiger partial charge in [0.1, 0.15) is 18.5 Å². The summed E-state index contributed by atoms with van der Waals surface area (Å²) in [4.78, 5) is 0. The molecular weight excluding hydrogens is 248 g/mol. The Morgan fingerprint density at radius 2 is 2.10 bits per heavy atom. The van der Waals surface area contributed by atoms with Gasteiger partial charge in [0.25, 0.3) is 0 Å². The number of aryl methyl sites for hydroxylation is 1. The lowest BCUT2D eigenvalue weighted by atomic mass is 10.1. The van der Waals surface area contributed by atoms with E-state index in [0.717, 1.165) is 25.2 Å². The minimum atomic E-state index is 0.324. The molecule has 2 heteroatoms. The number of hydrogen-bond donors (Lipinski definition) is 0. The van der Waals surface area contributed by atoms with Crippen LogP contribution < -0.4 is 4.74 Å². The molecule has 1 saturated heterocycles. The second-order valence-electron chi connectivity index (χ2n) is 5.42. The van der Waals surface area contributed by atoms with Crippen molar-refractivity contribution < 1.29 is 9.47 Å². The van der Waals surface area contributed by atoms with Crippen molar-refractivity contribution in [2.24, 2.45) is 0 Å². The molecule has 0 aromatic heterocycles. The summed E-state index contributed by atoms with van der Waals surface area (Å²) < 4.78 is 10.8. The summed E-state index contributed by atoms with van der Waals surface area (Å²) in [7, 11) is 0. The van der Waals surface area contributed by atoms with Crippen LogP contribution in [0.2, 0.25) is 0 Å². The van der Waals surface area contributed by atoms with Gasteiger partial charge < -0.3 is 9.47 Å². The zero-order valence-corrected chi connectivity index (χ0v) is 12.5. The first-order chi connectivity index (χ1) is 9.88. The van der Waals surface area contributed by atoms with Gasteiger partial charge in [-0.3, -0.25) is 0 Å². The van der Waals surface area contributed by atoms with E-state index in [4.69, 9.17) is 9.47 Å². The second kappa shape index (κ2) is 8.80. The molecule has 20 heavy (non-hydrogen) atoms. The van der Waals surface area contributed by atoms with E-state index in [1.54, 1.807) is 0 Å². The number of rotatable bonds is 10. The quantitative estimate of drug-likeness (QED) is 0.355. The number of allylic oxidation sites excluding steroid dienone is 2. The second-order valence-corrected chi connectivity index (χ2v) is 5.42. The summed E-state index contributed by atoms with van der Waals surface area (Å²) in [6.07, 6.45) is 12.3. The predicted octanol–water partition coefficient (Wildman–Crippen LogP) is 4.53. The smallest absolute Gasteiger partial charge is 0.119 e. The Bertz CT molecular complexity index is 408. The van der Waals surface area contributed by atoms with Crippen LogP contribution >= 0.6 is 0 Å². The molecule has 1 unspecified atom stereocenters. The Balaban J connectivity index is 1.65. The van der Waals surface area contributed by atoms with Crippen molar-refractivity contribution >= 4 is 0 Å². The van der Waals surface area contributed by atoms with E-state index in [1.165, 1.54) is 31.2 Å². The van der Waals surface area contributed by atoms with Crippen molar-refractivity contribution in [3.63, 3.8) is 0 Å². The van der Waals surface area contributed by atoms with Crippen LogP contribution in [0.15, 0.2) is 36.4 Å². The van der Waals surface area contributed by atoms with Gasteiger partial charge in [-0.25, -0.2) is 0 Å². The molecule has 0 radical (unpaired) electrons. The van der Waals surface area contributed by atoms with Gasteiger partial charge in [-0.15, -0.1) is 0 Å². The predicted molar refractivity (Wildman–Crippen MR) is 83.3 cm³/mol. The highest BCUT2D eigenvalue weighted by atomic mass is 16.6. The van der Waals surface area contributed by atoms with Gasteiger partial charge in [0.05, 0.1) is 6.61 Å². The van der Waals surface area contributed by atoms with E-state index in [0.29, 0.717) is 12.7 Å². The van der Waals surface area contributed by atoms with Gasteiger partial charge in [-0.1, -0.05) is 44.1 Å². The van der Waals surface area contributed by atoms with Crippen LogP contribution in [0.3, 0.4) is 0 Å². The van der Waals surface area contributed by atoms with Gasteiger partial charge in [0.2, 0.25) is 0 Å². The van der Waals surface area contributed by atoms with Crippen molar-refractivity contribution in [2.45, 2.75) is 51.6 Å². The fourth-order valence-electron chi connectivity index (χ4n) is 2.14. The first-order valence-corrected chi connectivity index (χ1v) is 7.87. The summed E-state index contributed by atoms with van der Waals surface area (Å²) in [5.74, 6) is 0.963. The number of benzene rings is 1. The van der Waals surface area contributed by atoms with Crippen LogP contribution in [0.25, 0.3) is 0 Å². The maximum absolute atomic E-state index is 5.70. The van der Waals surface area contributed by atoms with Gasteiger partial charge >= 0.3 is 0 Å². The van der Waals surface area contributed by atoms with Gasteiger partial charge in [-0.2, -0.15) is 0 Å². The summed E-state index contributed by atoms with van der Waals surface area (Å²) in [5, 5.41) is 0. The van der Waals surface area contributed by atoms with E-state index in [1.807, 2.05) is 6.07 Å². The van der Waals surface area contributed by atoms with Crippen LogP contribution in [-0.4, -0.2) is 19.3 Å². The minimum Gasteiger partial charge on any atom is -0.491 e. The maximum Gasteiger partial charge on any atom is 0.119 e. The molecule has 1 atom stereocenters. The molecule has 0 bridgehead atoms. The molecule has 0 spiro atoms. The van der Waals surface area contributed by atoms with E-state index in [9.17, 15) is 0 Å². The molecule has 0 saturated carbocycles. The first-order valence-electron chi connectivity index (χ1n) is 7.87. The fraction of sp³-hybridized carbons (Fsp3) is 0.556. The Kier molecular flexibility index (Phi) is 6.65. The highest BCUT2D eigenvalue weighted by Crippen LogP contribution is 2.17. The van der Waals surface area contributed by atoms with Crippen LogP contribution in [0.1, 0.15) is 44.6 Å². The average Bonchev–Trinajstić information content (AvgIpc) is 3.29. The summed E-state index contributed by atoms with van der Waals surface area (Å²) in [5.41, 5.74) is 1.34. The Hall–Kier alpha value is -1.28. The molecule has 1 fully saturated rings. The third-order valence-corrected chi connectivity index (χ3v) is 3.48. The molecule has 0 amide bonds. The molecule has 2 nitrogen and oxygen atoms in total. The average molecular weight is 274 g/mol. The Labute approximate surface area is 122 Å². The lowest BCUT2D eigenvalue weighted by Gasteiger charge is -2.06. The normalized spacial score (nSPS) is 17.6. The lowest BCUT2D eigenvalue weighted by Crippen LogP contribution is -2.04. The third-order valence-electron chi connectivity index (χ3n) is 3.48. The number of ether oxygens (including phenoxy) is 2. The molecule has 2 rings (SSSR count). The van der Waals surface area contributed by atoms with Crippen LogP contribution in [0.5, 0.6) is 5.75 Å². The van der Waals surface area contributed by atoms with Crippen LogP contribution in [-0.2, 0) is 11.2 Å². The van der Waals surface area contributed by atoms with Crippen LogP contribution in [0, 0.1) is 0 Å². The largest absolute Gasteiger partial charge is 0.491 e. The summed E-state index contributed by atoms with van der Waals surface area (Å²) in [6, 6.07) is 8.41. The molecule has 1 heterocycles. The Morgan fingerprint density at radius 3 is 2.90 bits per heavy atom. The van der Waals surface area contributed by atoms with Gasteiger partial charge in [-0.05, 0) is 43.4 Å². The minimum absolute atomic E-state index is 0.324. The molecule has 0 aliphatic carbocycles. The molecular formula is C18H26O2. The highest BCUT2D eigenvalue weighted by molar-refractivity contribution is 5.28. The topological polar surface area (TPSA) is 21.8 Å². The van der Waals surface area contributed by atoms with Crippen molar-refractivity contribution in [3.8, 4) is 5.75 Å². The number of epoxide rings is 1. The SMILES string of the molecule is CCCCC/C=C/CCc1cccc(OCC2CO2)c1. The van der Waals surface area contributed by atoms with E-state index >= 15 is 0 Å². The molecule has 1 aliphatic rings. The van der Waals surface area contributed by atoms with Gasteiger partial charge in [0.15, 0.2) is 0 Å². The Morgan fingerprint density at radius 1 is 1.25 bits per heavy atom. The van der Waals surface area contributed by atoms with E-state index in [-0.39, 0.29) is 0 Å². The molecule has 1 aliphatic heterocycles. The first kappa shape index (κ1) is 15.1. The highest BCUT2D eigenvalue weighted by Gasteiger charge is 2.22. The van der Waals surface area contributed by atoms with Crippen molar-refractivity contribution in [1.82, 2.24) is 0 Å². The number of hydrogen-bond acceptors (Lipinski definition) is 2. The van der Waals surface area contributed by atoms with E-state index in [2.05, 4.69) is 37.3 Å². The summed E-state index contributed by atoms with van der Waals surface area (Å²) in [6.45, 7) is 3.78. The zero-order chi connectivity index (χ0) is 14.0. The van der Waals surface area contributed by atoms with E-state index < -0.39 is 0 Å².